The first-order chi connectivity index (χ1) is 13.5. The van der Waals surface area contributed by atoms with E-state index in [1.165, 1.54) is 11.3 Å². The maximum Gasteiger partial charge on any atom is 0.261 e. The second-order valence-electron chi connectivity index (χ2n) is 6.08. The van der Waals surface area contributed by atoms with Gasteiger partial charge in [0.25, 0.3) is 5.91 Å². The van der Waals surface area contributed by atoms with Crippen LogP contribution >= 0.6 is 34.5 Å². The van der Waals surface area contributed by atoms with Gasteiger partial charge in [0.15, 0.2) is 0 Å². The van der Waals surface area contributed by atoms with E-state index in [4.69, 9.17) is 23.2 Å². The van der Waals surface area contributed by atoms with Crippen LogP contribution in [0.25, 0.3) is 10.6 Å². The van der Waals surface area contributed by atoms with Crippen LogP contribution in [0, 0.1) is 0 Å². The lowest BCUT2D eigenvalue weighted by molar-refractivity contribution is -0.372. The molecule has 1 aromatic carbocycles. The van der Waals surface area contributed by atoms with E-state index in [2.05, 4.69) is 26.3 Å². The van der Waals surface area contributed by atoms with Crippen LogP contribution in [0.1, 0.15) is 15.2 Å². The summed E-state index contributed by atoms with van der Waals surface area (Å²) < 4.78 is 0. The number of nitrogens with zero attached hydrogens (tertiary/aromatic N) is 2. The largest absolute Gasteiger partial charge is 0.357 e. The number of hydrogen-bond acceptors (Lipinski definition) is 5. The summed E-state index contributed by atoms with van der Waals surface area (Å²) in [5.74, 6) is 0.395. The third-order valence-corrected chi connectivity index (χ3v) is 5.82. The Morgan fingerprint density at radius 2 is 2.07 bits per heavy atom. The van der Waals surface area contributed by atoms with Gasteiger partial charge in [-0.1, -0.05) is 29.3 Å². The van der Waals surface area contributed by atoms with Crippen molar-refractivity contribution in [3.05, 3.63) is 63.1 Å². The van der Waals surface area contributed by atoms with Gasteiger partial charge in [0.2, 0.25) is 5.95 Å². The molecule has 2 aromatic heterocycles. The number of thiophene rings is 1. The number of amides is 1. The molecule has 1 atom stereocenters. The number of halogens is 2. The molecule has 5 N–H and O–H groups in total. The summed E-state index contributed by atoms with van der Waals surface area (Å²) in [4.78, 5) is 22.7. The van der Waals surface area contributed by atoms with Crippen molar-refractivity contribution in [3.63, 3.8) is 0 Å². The number of anilines is 1. The van der Waals surface area contributed by atoms with Crippen LogP contribution in [0.15, 0.2) is 42.6 Å². The second-order valence-corrected chi connectivity index (χ2v) is 8.01. The van der Waals surface area contributed by atoms with Crippen LogP contribution in [0.2, 0.25) is 10.0 Å². The van der Waals surface area contributed by atoms with E-state index in [9.17, 15) is 4.79 Å². The SMILES string of the molecule is CNc1nccc(-c2ccc(C(=O)N[C@H](C[NH3+])Cc3ccc(Cl)cc3Cl)s2)n1. The highest BCUT2D eigenvalue weighted by atomic mass is 35.5. The Bertz CT molecular complexity index is 978. The maximum absolute atomic E-state index is 12.7. The average Bonchev–Trinajstić information content (AvgIpc) is 3.19. The Morgan fingerprint density at radius 3 is 2.79 bits per heavy atom. The molecule has 0 aliphatic heterocycles. The zero-order valence-electron chi connectivity index (χ0n) is 15.2. The molecule has 0 saturated carbocycles. The Hall–Kier alpha value is -2.19. The minimum absolute atomic E-state index is 0.133. The summed E-state index contributed by atoms with van der Waals surface area (Å²) >= 11 is 13.6. The highest BCUT2D eigenvalue weighted by Crippen LogP contribution is 2.27. The van der Waals surface area contributed by atoms with Crippen molar-refractivity contribution < 1.29 is 10.5 Å². The first kappa shape index (κ1) is 20.5. The van der Waals surface area contributed by atoms with Crippen LogP contribution in [0.4, 0.5) is 5.95 Å². The summed E-state index contributed by atoms with van der Waals surface area (Å²) in [6.45, 7) is 0.542. The van der Waals surface area contributed by atoms with Gasteiger partial charge in [0.1, 0.15) is 0 Å². The number of rotatable bonds is 7. The molecule has 0 aliphatic carbocycles. The molecule has 6 nitrogen and oxygen atoms in total. The number of aromatic nitrogens is 2. The number of carbonyl (C=O) groups excluding carboxylic acids is 1. The van der Waals surface area contributed by atoms with Crippen molar-refractivity contribution in [2.45, 2.75) is 12.5 Å². The predicted molar refractivity (Wildman–Crippen MR) is 114 cm³/mol. The quantitative estimate of drug-likeness (QED) is 0.529. The molecule has 146 valence electrons. The molecular formula is C19H20Cl2N5OS+. The minimum Gasteiger partial charge on any atom is -0.357 e. The Balaban J connectivity index is 1.70. The van der Waals surface area contributed by atoms with E-state index < -0.39 is 0 Å². The zero-order valence-corrected chi connectivity index (χ0v) is 17.5. The number of benzene rings is 1. The highest BCUT2D eigenvalue weighted by Gasteiger charge is 2.18. The van der Waals surface area contributed by atoms with Gasteiger partial charge in [0.05, 0.1) is 28.0 Å². The van der Waals surface area contributed by atoms with E-state index in [1.54, 1.807) is 31.4 Å². The van der Waals surface area contributed by atoms with Crippen molar-refractivity contribution in [3.8, 4) is 10.6 Å². The lowest BCUT2D eigenvalue weighted by Gasteiger charge is -2.15. The number of carbonyl (C=O) groups is 1. The molecule has 3 rings (SSSR count). The lowest BCUT2D eigenvalue weighted by Crippen LogP contribution is -2.60. The van der Waals surface area contributed by atoms with E-state index >= 15 is 0 Å². The van der Waals surface area contributed by atoms with Gasteiger partial charge < -0.3 is 16.4 Å². The summed E-state index contributed by atoms with van der Waals surface area (Å²) in [6, 6.07) is 10.7. The van der Waals surface area contributed by atoms with Crippen LogP contribution in [-0.4, -0.2) is 35.5 Å². The van der Waals surface area contributed by atoms with Crippen LogP contribution in [0.3, 0.4) is 0 Å². The zero-order chi connectivity index (χ0) is 20.1. The van der Waals surface area contributed by atoms with Crippen molar-refractivity contribution in [2.75, 3.05) is 18.9 Å². The van der Waals surface area contributed by atoms with Crippen molar-refractivity contribution in [2.24, 2.45) is 0 Å². The maximum atomic E-state index is 12.7. The van der Waals surface area contributed by atoms with E-state index in [-0.39, 0.29) is 11.9 Å². The van der Waals surface area contributed by atoms with Gasteiger partial charge in [-0.2, -0.15) is 0 Å². The number of hydrogen-bond donors (Lipinski definition) is 3. The summed E-state index contributed by atoms with van der Waals surface area (Å²) in [6.07, 6.45) is 2.27. The Morgan fingerprint density at radius 1 is 1.25 bits per heavy atom. The molecule has 3 aromatic rings. The normalized spacial score (nSPS) is 11.9. The molecule has 28 heavy (non-hydrogen) atoms. The van der Waals surface area contributed by atoms with Crippen molar-refractivity contribution in [1.82, 2.24) is 15.3 Å². The van der Waals surface area contributed by atoms with Crippen molar-refractivity contribution >= 4 is 46.4 Å². The summed E-state index contributed by atoms with van der Waals surface area (Å²) in [7, 11) is 1.76. The van der Waals surface area contributed by atoms with Crippen molar-refractivity contribution in [1.29, 1.82) is 0 Å². The molecule has 0 bridgehead atoms. The molecular weight excluding hydrogens is 417 g/mol. The van der Waals surface area contributed by atoms with Gasteiger partial charge in [-0.05, 0) is 42.3 Å². The summed E-state index contributed by atoms with van der Waals surface area (Å²) in [5.41, 5.74) is 5.64. The fraction of sp³-hybridized carbons (Fsp3) is 0.211. The molecule has 0 fully saturated rings. The monoisotopic (exact) mass is 436 g/mol. The third kappa shape index (κ3) is 4.99. The van der Waals surface area contributed by atoms with Crippen LogP contribution in [-0.2, 0) is 6.42 Å². The second kappa shape index (κ2) is 9.34. The van der Waals surface area contributed by atoms with Crippen LogP contribution < -0.4 is 16.4 Å². The average molecular weight is 437 g/mol. The molecule has 0 spiro atoms. The van der Waals surface area contributed by atoms with E-state index in [0.29, 0.717) is 33.8 Å². The topological polar surface area (TPSA) is 94.5 Å². The minimum atomic E-state index is -0.141. The molecule has 0 aliphatic rings. The first-order valence-corrected chi connectivity index (χ1v) is 10.2. The number of nitrogens with one attached hydrogen (secondary N) is 2. The Kier molecular flexibility index (Phi) is 6.85. The Labute approximate surface area is 177 Å². The van der Waals surface area contributed by atoms with Crippen LogP contribution in [0.5, 0.6) is 0 Å². The standard InChI is InChI=1S/C19H19Cl2N5OS/c1-23-19-24-7-6-15(26-19)16-4-5-17(28-16)18(27)25-13(10-22)8-11-2-3-12(20)9-14(11)21/h2-7,9,13H,8,10,22H2,1H3,(H,25,27)(H,23,24,26)/p+1/t13-/m0/s1. The first-order valence-electron chi connectivity index (χ1n) is 8.65. The highest BCUT2D eigenvalue weighted by molar-refractivity contribution is 7.17. The van der Waals surface area contributed by atoms with E-state index in [0.717, 1.165) is 16.1 Å². The molecule has 9 heteroatoms. The van der Waals surface area contributed by atoms with Gasteiger partial charge in [-0.25, -0.2) is 9.97 Å². The van der Waals surface area contributed by atoms with Gasteiger partial charge in [-0.3, -0.25) is 4.79 Å². The fourth-order valence-corrected chi connectivity index (χ4v) is 4.01. The van der Waals surface area contributed by atoms with Gasteiger partial charge in [0, 0.05) is 23.3 Å². The molecule has 2 heterocycles. The molecule has 0 radical (unpaired) electrons. The smallest absolute Gasteiger partial charge is 0.261 e. The molecule has 0 saturated heterocycles. The summed E-state index contributed by atoms with van der Waals surface area (Å²) in [5, 5.41) is 7.11. The predicted octanol–water partition coefficient (Wildman–Crippen LogP) is 3.14. The number of quaternary nitrogens is 1. The molecule has 0 unspecified atom stereocenters. The molecule has 1 amide bonds. The lowest BCUT2D eigenvalue weighted by atomic mass is 10.1. The third-order valence-electron chi connectivity index (χ3n) is 4.13. The van der Waals surface area contributed by atoms with E-state index in [1.807, 2.05) is 18.2 Å². The van der Waals surface area contributed by atoms with Gasteiger partial charge in [-0.15, -0.1) is 11.3 Å². The fourth-order valence-electron chi connectivity index (χ4n) is 2.65. The van der Waals surface area contributed by atoms with Gasteiger partial charge >= 0.3 is 0 Å².